The van der Waals surface area contributed by atoms with E-state index >= 15 is 0 Å². The standard InChI is InChI=1S/C8H6Cl3F/c9-4-5-1-6(8(10)11)3-7(12)2-5/h1-3,8H,4H2. The molecule has 0 saturated carbocycles. The molecule has 0 amide bonds. The Balaban J connectivity index is 3.06. The molecule has 66 valence electrons. The minimum atomic E-state index is -0.706. The molecule has 0 atom stereocenters. The van der Waals surface area contributed by atoms with E-state index in [-0.39, 0.29) is 11.7 Å². The van der Waals surface area contributed by atoms with E-state index in [1.807, 2.05) is 0 Å². The van der Waals surface area contributed by atoms with Gasteiger partial charge in [-0.2, -0.15) is 0 Å². The van der Waals surface area contributed by atoms with Crippen molar-refractivity contribution in [1.29, 1.82) is 0 Å². The summed E-state index contributed by atoms with van der Waals surface area (Å²) >= 11 is 16.6. The van der Waals surface area contributed by atoms with Crippen molar-refractivity contribution >= 4 is 34.8 Å². The Labute approximate surface area is 85.2 Å². The molecule has 0 unspecified atom stereocenters. The Bertz CT molecular complexity index is 273. The van der Waals surface area contributed by atoms with Gasteiger partial charge in [-0.15, -0.1) is 34.8 Å². The highest BCUT2D eigenvalue weighted by Crippen LogP contribution is 2.26. The number of hydrogen-bond acceptors (Lipinski definition) is 0. The van der Waals surface area contributed by atoms with Crippen molar-refractivity contribution in [3.8, 4) is 0 Å². The molecule has 0 aliphatic rings. The zero-order valence-electron chi connectivity index (χ0n) is 6.03. The highest BCUT2D eigenvalue weighted by atomic mass is 35.5. The van der Waals surface area contributed by atoms with E-state index in [2.05, 4.69) is 0 Å². The molecule has 0 aromatic heterocycles. The lowest BCUT2D eigenvalue weighted by molar-refractivity contribution is 0.625. The van der Waals surface area contributed by atoms with Crippen molar-refractivity contribution in [2.45, 2.75) is 10.7 Å². The molecule has 1 aromatic rings. The lowest BCUT2D eigenvalue weighted by Crippen LogP contribution is -1.88. The molecule has 0 aliphatic carbocycles. The van der Waals surface area contributed by atoms with Gasteiger partial charge in [0.2, 0.25) is 0 Å². The van der Waals surface area contributed by atoms with Crippen molar-refractivity contribution in [2.75, 3.05) is 0 Å². The lowest BCUT2D eigenvalue weighted by atomic mass is 10.1. The quantitative estimate of drug-likeness (QED) is 0.669. The van der Waals surface area contributed by atoms with Gasteiger partial charge in [-0.3, -0.25) is 0 Å². The second kappa shape index (κ2) is 4.31. The zero-order chi connectivity index (χ0) is 9.14. The summed E-state index contributed by atoms with van der Waals surface area (Å²) in [7, 11) is 0. The van der Waals surface area contributed by atoms with E-state index in [4.69, 9.17) is 34.8 Å². The summed E-state index contributed by atoms with van der Waals surface area (Å²) in [6.07, 6.45) is 0. The summed E-state index contributed by atoms with van der Waals surface area (Å²) in [6.45, 7) is 0. The van der Waals surface area contributed by atoms with Crippen LogP contribution < -0.4 is 0 Å². The molecule has 0 spiro atoms. The predicted molar refractivity (Wildman–Crippen MR) is 50.4 cm³/mol. The van der Waals surface area contributed by atoms with Gasteiger partial charge in [0.05, 0.1) is 0 Å². The maximum atomic E-state index is 12.8. The summed E-state index contributed by atoms with van der Waals surface area (Å²) in [6, 6.07) is 4.33. The van der Waals surface area contributed by atoms with Crippen LogP contribution in [0.25, 0.3) is 0 Å². The van der Waals surface area contributed by atoms with Gasteiger partial charge < -0.3 is 0 Å². The van der Waals surface area contributed by atoms with Crippen LogP contribution >= 0.6 is 34.8 Å². The number of hydrogen-bond donors (Lipinski definition) is 0. The van der Waals surface area contributed by atoms with Crippen LogP contribution in [0.2, 0.25) is 0 Å². The monoisotopic (exact) mass is 226 g/mol. The van der Waals surface area contributed by atoms with Crippen molar-refractivity contribution < 1.29 is 4.39 Å². The fourth-order valence-corrected chi connectivity index (χ4v) is 1.28. The van der Waals surface area contributed by atoms with E-state index in [1.54, 1.807) is 6.07 Å². The lowest BCUT2D eigenvalue weighted by Gasteiger charge is -2.03. The third-order valence-electron chi connectivity index (χ3n) is 1.39. The second-order valence-electron chi connectivity index (χ2n) is 2.33. The molecule has 12 heavy (non-hydrogen) atoms. The number of rotatable bonds is 2. The van der Waals surface area contributed by atoms with Gasteiger partial charge in [0.25, 0.3) is 0 Å². The first-order valence-electron chi connectivity index (χ1n) is 3.27. The summed E-state index contributed by atoms with van der Waals surface area (Å²) in [5, 5.41) is 0. The van der Waals surface area contributed by atoms with E-state index in [1.165, 1.54) is 12.1 Å². The highest BCUT2D eigenvalue weighted by Gasteiger charge is 2.06. The Morgan fingerprint density at radius 2 is 1.92 bits per heavy atom. The summed E-state index contributed by atoms with van der Waals surface area (Å²) < 4.78 is 12.8. The molecular weight excluding hydrogens is 221 g/mol. The van der Waals surface area contributed by atoms with Crippen molar-refractivity contribution in [2.24, 2.45) is 0 Å². The van der Waals surface area contributed by atoms with Gasteiger partial charge in [-0.05, 0) is 23.3 Å². The molecule has 0 N–H and O–H groups in total. The Hall–Kier alpha value is 0.0200. The van der Waals surface area contributed by atoms with Crippen LogP contribution in [-0.2, 0) is 5.88 Å². The fourth-order valence-electron chi connectivity index (χ4n) is 0.879. The van der Waals surface area contributed by atoms with Crippen LogP contribution in [0.3, 0.4) is 0 Å². The first-order chi connectivity index (χ1) is 5.63. The smallest absolute Gasteiger partial charge is 0.132 e. The van der Waals surface area contributed by atoms with Crippen molar-refractivity contribution in [3.05, 3.63) is 35.1 Å². The average molecular weight is 227 g/mol. The topological polar surface area (TPSA) is 0 Å². The van der Waals surface area contributed by atoms with Gasteiger partial charge in [0.15, 0.2) is 0 Å². The molecule has 0 bridgehead atoms. The molecule has 1 aromatic carbocycles. The molecule has 4 heteroatoms. The first kappa shape index (κ1) is 10.1. The van der Waals surface area contributed by atoms with Crippen molar-refractivity contribution in [1.82, 2.24) is 0 Å². The van der Waals surface area contributed by atoms with Gasteiger partial charge in [0, 0.05) is 5.88 Å². The van der Waals surface area contributed by atoms with Crippen LogP contribution in [0.5, 0.6) is 0 Å². The number of alkyl halides is 3. The molecule has 0 saturated heterocycles. The van der Waals surface area contributed by atoms with E-state index < -0.39 is 4.84 Å². The fraction of sp³-hybridized carbons (Fsp3) is 0.250. The van der Waals surface area contributed by atoms with E-state index in [0.717, 1.165) is 0 Å². The number of halogens is 4. The summed E-state index contributed by atoms with van der Waals surface area (Å²) in [5.74, 6) is -0.111. The molecule has 0 radical (unpaired) electrons. The molecule has 0 nitrogen and oxygen atoms in total. The zero-order valence-corrected chi connectivity index (χ0v) is 8.30. The predicted octanol–water partition coefficient (Wildman–Crippen LogP) is 4.04. The van der Waals surface area contributed by atoms with Crippen LogP contribution in [0, 0.1) is 5.82 Å². The molecule has 0 heterocycles. The Morgan fingerprint density at radius 3 is 2.42 bits per heavy atom. The van der Waals surface area contributed by atoms with Gasteiger partial charge >= 0.3 is 0 Å². The van der Waals surface area contributed by atoms with Gasteiger partial charge in [0.1, 0.15) is 10.7 Å². The summed E-state index contributed by atoms with van der Waals surface area (Å²) in [5.41, 5.74) is 1.21. The Morgan fingerprint density at radius 1 is 1.25 bits per heavy atom. The number of benzene rings is 1. The SMILES string of the molecule is Fc1cc(CCl)cc(C(Cl)Cl)c1. The summed E-state index contributed by atoms with van der Waals surface area (Å²) in [4.78, 5) is -0.706. The second-order valence-corrected chi connectivity index (χ2v) is 3.69. The first-order valence-corrected chi connectivity index (χ1v) is 4.67. The minimum Gasteiger partial charge on any atom is -0.207 e. The Kier molecular flexibility index (Phi) is 3.63. The van der Waals surface area contributed by atoms with Crippen LogP contribution in [0.1, 0.15) is 16.0 Å². The van der Waals surface area contributed by atoms with E-state index in [0.29, 0.717) is 11.1 Å². The van der Waals surface area contributed by atoms with Crippen LogP contribution in [0.15, 0.2) is 18.2 Å². The maximum Gasteiger partial charge on any atom is 0.132 e. The van der Waals surface area contributed by atoms with Crippen LogP contribution in [-0.4, -0.2) is 0 Å². The normalized spacial score (nSPS) is 10.8. The van der Waals surface area contributed by atoms with E-state index in [9.17, 15) is 4.39 Å². The molecule has 0 aliphatic heterocycles. The third kappa shape index (κ3) is 2.51. The molecular formula is C8H6Cl3F. The maximum absolute atomic E-state index is 12.8. The highest BCUT2D eigenvalue weighted by molar-refractivity contribution is 6.44. The molecule has 1 rings (SSSR count). The van der Waals surface area contributed by atoms with Crippen LogP contribution in [0.4, 0.5) is 4.39 Å². The minimum absolute atomic E-state index is 0.255. The van der Waals surface area contributed by atoms with Gasteiger partial charge in [-0.25, -0.2) is 4.39 Å². The average Bonchev–Trinajstić information content (AvgIpc) is 2.03. The van der Waals surface area contributed by atoms with Crippen molar-refractivity contribution in [3.63, 3.8) is 0 Å². The molecule has 0 fully saturated rings. The largest absolute Gasteiger partial charge is 0.207 e. The third-order valence-corrected chi connectivity index (χ3v) is 2.20. The van der Waals surface area contributed by atoms with Gasteiger partial charge in [-0.1, -0.05) is 6.07 Å².